The molecular formula is C6H12NO2-. The van der Waals surface area contributed by atoms with Crippen LogP contribution in [0.5, 0.6) is 0 Å². The van der Waals surface area contributed by atoms with E-state index >= 15 is 0 Å². The van der Waals surface area contributed by atoms with Crippen molar-refractivity contribution in [3.05, 3.63) is 0 Å². The van der Waals surface area contributed by atoms with Crippen LogP contribution in [0.25, 0.3) is 0 Å². The summed E-state index contributed by atoms with van der Waals surface area (Å²) in [4.78, 5) is 9.87. The van der Waals surface area contributed by atoms with Gasteiger partial charge in [0.05, 0.1) is 5.97 Å². The average molecular weight is 130 g/mol. The maximum absolute atomic E-state index is 9.87. The van der Waals surface area contributed by atoms with Gasteiger partial charge >= 0.3 is 0 Å². The molecule has 0 spiro atoms. The van der Waals surface area contributed by atoms with Crippen LogP contribution in [0.15, 0.2) is 0 Å². The summed E-state index contributed by atoms with van der Waals surface area (Å²) < 4.78 is 0. The van der Waals surface area contributed by atoms with Gasteiger partial charge in [-0.3, -0.25) is 0 Å². The molecule has 0 saturated carbocycles. The van der Waals surface area contributed by atoms with Crippen LogP contribution in [0, 0.1) is 0 Å². The van der Waals surface area contributed by atoms with E-state index in [-0.39, 0.29) is 12.1 Å². The van der Waals surface area contributed by atoms with E-state index in [0.717, 1.165) is 0 Å². The van der Waals surface area contributed by atoms with E-state index in [4.69, 9.17) is 0 Å². The summed E-state index contributed by atoms with van der Waals surface area (Å²) in [6.07, 6.45) is 0. The number of hydrogen-bond donors (Lipinski definition) is 1. The lowest BCUT2D eigenvalue weighted by Crippen LogP contribution is -2.43. The van der Waals surface area contributed by atoms with E-state index in [2.05, 4.69) is 5.32 Å². The number of aliphatic carboxylic acids is 1. The number of carboxylic acids is 1. The Hall–Kier alpha value is -0.570. The van der Waals surface area contributed by atoms with Crippen molar-refractivity contribution in [3.63, 3.8) is 0 Å². The zero-order valence-corrected chi connectivity index (χ0v) is 6.02. The van der Waals surface area contributed by atoms with Crippen LogP contribution in [0.2, 0.25) is 0 Å². The fourth-order valence-electron chi connectivity index (χ4n) is 0.337. The monoisotopic (exact) mass is 130 g/mol. The fraction of sp³-hybridized carbons (Fsp3) is 0.833. The molecular weight excluding hydrogens is 118 g/mol. The van der Waals surface area contributed by atoms with Gasteiger partial charge in [-0.2, -0.15) is 0 Å². The number of carboxylic acid groups (broad SMARTS) is 1. The zero-order valence-electron chi connectivity index (χ0n) is 6.02. The van der Waals surface area contributed by atoms with Gasteiger partial charge in [0.15, 0.2) is 0 Å². The third-order valence-corrected chi connectivity index (χ3v) is 0.763. The van der Waals surface area contributed by atoms with Gasteiger partial charge in [0.2, 0.25) is 0 Å². The highest BCUT2D eigenvalue weighted by Gasteiger charge is 2.06. The van der Waals surface area contributed by atoms with Gasteiger partial charge in [-0.15, -0.1) is 0 Å². The van der Waals surface area contributed by atoms with Crippen molar-refractivity contribution in [2.45, 2.75) is 26.3 Å². The topological polar surface area (TPSA) is 52.2 Å². The summed E-state index contributed by atoms with van der Waals surface area (Å²) >= 11 is 0. The normalized spacial score (nSPS) is 11.4. The van der Waals surface area contributed by atoms with Crippen molar-refractivity contribution >= 4 is 5.97 Å². The summed E-state index contributed by atoms with van der Waals surface area (Å²) in [5.41, 5.74) is -0.139. The summed E-state index contributed by atoms with van der Waals surface area (Å²) in [5, 5.41) is 12.6. The minimum absolute atomic E-state index is 0.0799. The van der Waals surface area contributed by atoms with E-state index < -0.39 is 5.97 Å². The second-order valence-electron chi connectivity index (χ2n) is 2.98. The Kier molecular flexibility index (Phi) is 2.65. The molecule has 0 amide bonds. The SMILES string of the molecule is CC(C)(C)NCC(=O)[O-]. The molecule has 0 aliphatic heterocycles. The number of nitrogens with one attached hydrogen (secondary N) is 1. The van der Waals surface area contributed by atoms with Gasteiger partial charge in [0.1, 0.15) is 0 Å². The summed E-state index contributed by atoms with van der Waals surface area (Å²) in [6, 6.07) is 0. The summed E-state index contributed by atoms with van der Waals surface area (Å²) in [5.74, 6) is -1.06. The maximum Gasteiger partial charge on any atom is 0.0552 e. The van der Waals surface area contributed by atoms with Crippen LogP contribution in [-0.2, 0) is 4.79 Å². The Morgan fingerprint density at radius 1 is 1.56 bits per heavy atom. The van der Waals surface area contributed by atoms with Crippen molar-refractivity contribution in [3.8, 4) is 0 Å². The predicted octanol–water partition coefficient (Wildman–Crippen LogP) is -0.876. The number of carbonyl (C=O) groups is 1. The Morgan fingerprint density at radius 3 is 2.11 bits per heavy atom. The average Bonchev–Trinajstić information content (AvgIpc) is 1.59. The molecule has 54 valence electrons. The fourth-order valence-corrected chi connectivity index (χ4v) is 0.337. The van der Waals surface area contributed by atoms with E-state index in [1.165, 1.54) is 0 Å². The molecule has 0 atom stereocenters. The van der Waals surface area contributed by atoms with E-state index in [0.29, 0.717) is 0 Å². The molecule has 0 aliphatic rings. The highest BCUT2D eigenvalue weighted by atomic mass is 16.4. The molecule has 0 unspecified atom stereocenters. The highest BCUT2D eigenvalue weighted by Crippen LogP contribution is 1.95. The molecule has 0 radical (unpaired) electrons. The number of carbonyl (C=O) groups excluding carboxylic acids is 1. The molecule has 0 heterocycles. The lowest BCUT2D eigenvalue weighted by atomic mass is 10.1. The summed E-state index contributed by atoms with van der Waals surface area (Å²) in [7, 11) is 0. The van der Waals surface area contributed by atoms with Gasteiger partial charge in [0, 0.05) is 12.1 Å². The van der Waals surface area contributed by atoms with Gasteiger partial charge in [-0.05, 0) is 20.8 Å². The summed E-state index contributed by atoms with van der Waals surface area (Å²) in [6.45, 7) is 5.62. The van der Waals surface area contributed by atoms with Crippen molar-refractivity contribution in [1.29, 1.82) is 0 Å². The molecule has 3 nitrogen and oxygen atoms in total. The van der Waals surface area contributed by atoms with Crippen LogP contribution in [0.4, 0.5) is 0 Å². The molecule has 0 rings (SSSR count). The Morgan fingerprint density at radius 2 is 2.00 bits per heavy atom. The number of hydrogen-bond acceptors (Lipinski definition) is 3. The Balaban J connectivity index is 3.39. The van der Waals surface area contributed by atoms with Crippen LogP contribution >= 0.6 is 0 Å². The van der Waals surface area contributed by atoms with Crippen molar-refractivity contribution in [1.82, 2.24) is 5.32 Å². The molecule has 0 aromatic rings. The predicted molar refractivity (Wildman–Crippen MR) is 32.8 cm³/mol. The first-order valence-electron chi connectivity index (χ1n) is 2.87. The molecule has 9 heavy (non-hydrogen) atoms. The molecule has 0 saturated heterocycles. The maximum atomic E-state index is 9.87. The van der Waals surface area contributed by atoms with E-state index in [9.17, 15) is 9.90 Å². The smallest absolute Gasteiger partial charge is 0.0552 e. The highest BCUT2D eigenvalue weighted by molar-refractivity contribution is 5.66. The zero-order chi connectivity index (χ0) is 7.49. The van der Waals surface area contributed by atoms with Gasteiger partial charge in [-0.25, -0.2) is 0 Å². The lowest BCUT2D eigenvalue weighted by Gasteiger charge is -2.20. The molecule has 3 heteroatoms. The first kappa shape index (κ1) is 8.43. The Bertz CT molecular complexity index is 104. The second-order valence-corrected chi connectivity index (χ2v) is 2.98. The molecule has 0 fully saturated rings. The largest absolute Gasteiger partial charge is 0.549 e. The van der Waals surface area contributed by atoms with Crippen LogP contribution in [0.1, 0.15) is 20.8 Å². The minimum atomic E-state index is -1.06. The third kappa shape index (κ3) is 7.43. The van der Waals surface area contributed by atoms with Crippen molar-refractivity contribution in [2.75, 3.05) is 6.54 Å². The molecule has 0 aromatic carbocycles. The molecule has 0 aromatic heterocycles. The van der Waals surface area contributed by atoms with E-state index in [1.54, 1.807) is 0 Å². The van der Waals surface area contributed by atoms with Gasteiger partial charge < -0.3 is 15.2 Å². The van der Waals surface area contributed by atoms with E-state index in [1.807, 2.05) is 20.8 Å². The first-order chi connectivity index (χ1) is 3.92. The minimum Gasteiger partial charge on any atom is -0.549 e. The first-order valence-corrected chi connectivity index (χ1v) is 2.87. The van der Waals surface area contributed by atoms with Gasteiger partial charge in [-0.1, -0.05) is 0 Å². The molecule has 1 N–H and O–H groups in total. The standard InChI is InChI=1S/C6H13NO2/c1-6(2,3)7-4-5(8)9/h7H,4H2,1-3H3,(H,8,9)/p-1. The van der Waals surface area contributed by atoms with Crippen molar-refractivity contribution in [2.24, 2.45) is 0 Å². The Labute approximate surface area is 55.1 Å². The molecule has 0 aliphatic carbocycles. The van der Waals surface area contributed by atoms with Crippen LogP contribution in [-0.4, -0.2) is 18.1 Å². The molecule has 0 bridgehead atoms. The third-order valence-electron chi connectivity index (χ3n) is 0.763. The second kappa shape index (κ2) is 2.82. The number of rotatable bonds is 2. The van der Waals surface area contributed by atoms with Gasteiger partial charge in [0.25, 0.3) is 0 Å². The van der Waals surface area contributed by atoms with Crippen LogP contribution < -0.4 is 10.4 Å². The lowest BCUT2D eigenvalue weighted by molar-refractivity contribution is -0.304. The van der Waals surface area contributed by atoms with Crippen molar-refractivity contribution < 1.29 is 9.90 Å². The van der Waals surface area contributed by atoms with Crippen LogP contribution in [0.3, 0.4) is 0 Å². The quantitative estimate of drug-likeness (QED) is 0.528.